The number of aromatic nitrogens is 1. The van der Waals surface area contributed by atoms with E-state index in [0.29, 0.717) is 35.3 Å². The fraction of sp³-hybridized carbons (Fsp3) is 0.304. The first-order valence-corrected chi connectivity index (χ1v) is 9.47. The Morgan fingerprint density at radius 2 is 1.43 bits per heavy atom. The number of carbonyl (C=O) groups is 1. The van der Waals surface area contributed by atoms with Gasteiger partial charge in [0.25, 0.3) is 0 Å². The Kier molecular flexibility index (Phi) is 6.61. The van der Waals surface area contributed by atoms with Gasteiger partial charge in [-0.2, -0.15) is 0 Å². The third-order valence-corrected chi connectivity index (χ3v) is 4.74. The third-order valence-electron chi connectivity index (χ3n) is 4.74. The number of ether oxygens (including phenoxy) is 5. The first kappa shape index (κ1) is 21.2. The number of esters is 1. The van der Waals surface area contributed by atoms with Crippen LogP contribution in [0.5, 0.6) is 23.0 Å². The van der Waals surface area contributed by atoms with Gasteiger partial charge in [-0.1, -0.05) is 0 Å². The standard InChI is InChI=1S/C23H25NO6/c1-6-30-22(25)9-15-13-24-23(14-7-16(26-2)10-17(8-14)27-3)19-12-21(29-5)20(28-4)11-18(15)19/h7-8,10-13H,6,9H2,1-5H3. The van der Waals surface area contributed by atoms with Crippen LogP contribution in [-0.2, 0) is 16.0 Å². The van der Waals surface area contributed by atoms with Gasteiger partial charge < -0.3 is 23.7 Å². The summed E-state index contributed by atoms with van der Waals surface area (Å²) in [5.41, 5.74) is 2.25. The van der Waals surface area contributed by atoms with Gasteiger partial charge >= 0.3 is 5.97 Å². The highest BCUT2D eigenvalue weighted by atomic mass is 16.5. The Morgan fingerprint density at radius 3 is 1.97 bits per heavy atom. The van der Waals surface area contributed by atoms with Crippen LogP contribution in [0.4, 0.5) is 0 Å². The normalized spacial score (nSPS) is 10.6. The van der Waals surface area contributed by atoms with E-state index < -0.39 is 0 Å². The predicted octanol–water partition coefficient (Wildman–Crippen LogP) is 4.04. The van der Waals surface area contributed by atoms with Crippen molar-refractivity contribution in [3.8, 4) is 34.3 Å². The lowest BCUT2D eigenvalue weighted by atomic mass is 9.98. The second kappa shape index (κ2) is 9.35. The predicted molar refractivity (Wildman–Crippen MR) is 114 cm³/mol. The second-order valence-corrected chi connectivity index (χ2v) is 6.47. The summed E-state index contributed by atoms with van der Waals surface area (Å²) < 4.78 is 26.9. The molecule has 0 saturated heterocycles. The lowest BCUT2D eigenvalue weighted by Gasteiger charge is -2.15. The molecule has 0 spiro atoms. The molecule has 7 nitrogen and oxygen atoms in total. The van der Waals surface area contributed by atoms with E-state index >= 15 is 0 Å². The van der Waals surface area contributed by atoms with E-state index in [-0.39, 0.29) is 12.4 Å². The van der Waals surface area contributed by atoms with Crippen molar-refractivity contribution in [1.29, 1.82) is 0 Å². The summed E-state index contributed by atoms with van der Waals surface area (Å²) in [6.45, 7) is 2.10. The molecule has 0 bridgehead atoms. The molecule has 2 aromatic carbocycles. The Morgan fingerprint density at radius 1 is 0.833 bits per heavy atom. The van der Waals surface area contributed by atoms with Crippen LogP contribution in [0.3, 0.4) is 0 Å². The number of benzene rings is 2. The van der Waals surface area contributed by atoms with Crippen LogP contribution in [0.1, 0.15) is 12.5 Å². The van der Waals surface area contributed by atoms with E-state index in [1.54, 1.807) is 47.6 Å². The largest absolute Gasteiger partial charge is 0.497 e. The summed E-state index contributed by atoms with van der Waals surface area (Å²) >= 11 is 0. The SMILES string of the molecule is CCOC(=O)Cc1cnc(-c2cc(OC)cc(OC)c2)c2cc(OC)c(OC)cc12. The average Bonchev–Trinajstić information content (AvgIpc) is 2.77. The Balaban J connectivity index is 2.27. The summed E-state index contributed by atoms with van der Waals surface area (Å²) in [6, 6.07) is 9.27. The number of methoxy groups -OCH3 is 4. The lowest BCUT2D eigenvalue weighted by Crippen LogP contribution is -2.08. The lowest BCUT2D eigenvalue weighted by molar-refractivity contribution is -0.142. The molecule has 0 aliphatic carbocycles. The Hall–Kier alpha value is -3.48. The van der Waals surface area contributed by atoms with E-state index in [1.807, 2.05) is 24.3 Å². The van der Waals surface area contributed by atoms with Crippen LogP contribution in [0.15, 0.2) is 36.5 Å². The molecule has 3 aromatic rings. The zero-order valence-electron chi connectivity index (χ0n) is 17.8. The molecular weight excluding hydrogens is 386 g/mol. The fourth-order valence-electron chi connectivity index (χ4n) is 3.30. The highest BCUT2D eigenvalue weighted by Crippen LogP contribution is 2.39. The average molecular weight is 411 g/mol. The number of hydrogen-bond acceptors (Lipinski definition) is 7. The minimum absolute atomic E-state index is 0.106. The van der Waals surface area contributed by atoms with Gasteiger partial charge in [0.05, 0.1) is 47.2 Å². The van der Waals surface area contributed by atoms with Gasteiger partial charge in [0.15, 0.2) is 11.5 Å². The zero-order valence-corrected chi connectivity index (χ0v) is 17.8. The van der Waals surface area contributed by atoms with Crippen molar-refractivity contribution < 1.29 is 28.5 Å². The first-order chi connectivity index (χ1) is 14.5. The molecule has 0 aliphatic heterocycles. The van der Waals surface area contributed by atoms with Gasteiger partial charge in [0, 0.05) is 23.2 Å². The zero-order chi connectivity index (χ0) is 21.7. The molecule has 0 unspecified atom stereocenters. The van der Waals surface area contributed by atoms with Gasteiger partial charge in [-0.05, 0) is 42.1 Å². The summed E-state index contributed by atoms with van der Waals surface area (Å²) in [5, 5.41) is 1.64. The number of carbonyl (C=O) groups excluding carboxylic acids is 1. The minimum atomic E-state index is -0.314. The van der Waals surface area contributed by atoms with Gasteiger partial charge in [-0.15, -0.1) is 0 Å². The van der Waals surface area contributed by atoms with Crippen LogP contribution >= 0.6 is 0 Å². The monoisotopic (exact) mass is 411 g/mol. The number of hydrogen-bond donors (Lipinski definition) is 0. The fourth-order valence-corrected chi connectivity index (χ4v) is 3.30. The molecule has 1 heterocycles. The van der Waals surface area contributed by atoms with Crippen molar-refractivity contribution in [1.82, 2.24) is 4.98 Å². The number of nitrogens with zero attached hydrogens (tertiary/aromatic N) is 1. The minimum Gasteiger partial charge on any atom is -0.497 e. The summed E-state index contributed by atoms with van der Waals surface area (Å²) in [7, 11) is 6.35. The molecular formula is C23H25NO6. The molecule has 1 aromatic heterocycles. The van der Waals surface area contributed by atoms with Gasteiger partial charge in [0.2, 0.25) is 0 Å². The quantitative estimate of drug-likeness (QED) is 0.518. The Labute approximate surface area is 175 Å². The van der Waals surface area contributed by atoms with Crippen LogP contribution in [0.25, 0.3) is 22.0 Å². The molecule has 3 rings (SSSR count). The maximum absolute atomic E-state index is 12.1. The van der Waals surface area contributed by atoms with Crippen molar-refractivity contribution in [2.75, 3.05) is 35.0 Å². The molecule has 0 aliphatic rings. The van der Waals surface area contributed by atoms with E-state index in [2.05, 4.69) is 4.98 Å². The van der Waals surface area contributed by atoms with Crippen molar-refractivity contribution in [3.63, 3.8) is 0 Å². The van der Waals surface area contributed by atoms with Crippen LogP contribution in [0, 0.1) is 0 Å². The molecule has 0 radical (unpaired) electrons. The van der Waals surface area contributed by atoms with Crippen molar-refractivity contribution in [2.45, 2.75) is 13.3 Å². The molecule has 0 saturated carbocycles. The summed E-state index contributed by atoms with van der Waals surface area (Å²) in [4.78, 5) is 16.8. The maximum atomic E-state index is 12.1. The van der Waals surface area contributed by atoms with Crippen LogP contribution in [0.2, 0.25) is 0 Å². The summed E-state index contributed by atoms with van der Waals surface area (Å²) in [5.74, 6) is 2.11. The van der Waals surface area contributed by atoms with E-state index in [4.69, 9.17) is 23.7 Å². The number of fused-ring (bicyclic) bond motifs is 1. The number of rotatable bonds is 8. The molecule has 0 fully saturated rings. The Bertz CT molecular complexity index is 1040. The van der Waals surface area contributed by atoms with E-state index in [0.717, 1.165) is 21.9 Å². The highest BCUT2D eigenvalue weighted by Gasteiger charge is 2.17. The topological polar surface area (TPSA) is 76.1 Å². The van der Waals surface area contributed by atoms with Crippen molar-refractivity contribution in [2.24, 2.45) is 0 Å². The molecule has 0 amide bonds. The van der Waals surface area contributed by atoms with E-state index in [1.165, 1.54) is 0 Å². The molecule has 158 valence electrons. The van der Waals surface area contributed by atoms with Crippen molar-refractivity contribution in [3.05, 3.63) is 42.1 Å². The highest BCUT2D eigenvalue weighted by molar-refractivity contribution is 6.00. The van der Waals surface area contributed by atoms with Crippen molar-refractivity contribution >= 4 is 16.7 Å². The smallest absolute Gasteiger partial charge is 0.310 e. The summed E-state index contributed by atoms with van der Waals surface area (Å²) in [6.07, 6.45) is 1.79. The first-order valence-electron chi connectivity index (χ1n) is 9.47. The third kappa shape index (κ3) is 4.25. The second-order valence-electron chi connectivity index (χ2n) is 6.47. The number of pyridine rings is 1. The van der Waals surface area contributed by atoms with Gasteiger partial charge in [-0.25, -0.2) is 0 Å². The van der Waals surface area contributed by atoms with Crippen LogP contribution < -0.4 is 18.9 Å². The molecule has 0 N–H and O–H groups in total. The van der Waals surface area contributed by atoms with Gasteiger partial charge in [0.1, 0.15) is 11.5 Å². The van der Waals surface area contributed by atoms with Crippen LogP contribution in [-0.4, -0.2) is 46.0 Å². The molecule has 30 heavy (non-hydrogen) atoms. The maximum Gasteiger partial charge on any atom is 0.310 e. The molecule has 0 atom stereocenters. The van der Waals surface area contributed by atoms with Gasteiger partial charge in [-0.3, -0.25) is 9.78 Å². The van der Waals surface area contributed by atoms with E-state index in [9.17, 15) is 4.79 Å². The molecule has 7 heteroatoms.